The molecule has 0 unspecified atom stereocenters. The van der Waals surface area contributed by atoms with Crippen LogP contribution in [0.25, 0.3) is 5.69 Å². The van der Waals surface area contributed by atoms with E-state index in [0.29, 0.717) is 36.6 Å². The Bertz CT molecular complexity index is 1030. The second-order valence-corrected chi connectivity index (χ2v) is 7.01. The van der Waals surface area contributed by atoms with E-state index in [0.717, 1.165) is 18.1 Å². The van der Waals surface area contributed by atoms with Crippen molar-refractivity contribution in [3.05, 3.63) is 77.0 Å². The van der Waals surface area contributed by atoms with Gasteiger partial charge in [0, 0.05) is 20.1 Å². The minimum absolute atomic E-state index is 0. The molecule has 31 heavy (non-hydrogen) atoms. The normalized spacial score (nSPS) is 10.8. The van der Waals surface area contributed by atoms with Gasteiger partial charge in [0.25, 0.3) is 0 Å². The number of nitrogens with two attached hydrogens (primary N) is 1. The van der Waals surface area contributed by atoms with E-state index in [9.17, 15) is 5.26 Å². The molecule has 8 heteroatoms. The molecule has 0 atom stereocenters. The molecule has 162 valence electrons. The van der Waals surface area contributed by atoms with E-state index in [2.05, 4.69) is 58.0 Å². The predicted octanol–water partition coefficient (Wildman–Crippen LogP) is 3.55. The van der Waals surface area contributed by atoms with Crippen molar-refractivity contribution >= 4 is 35.8 Å². The lowest BCUT2D eigenvalue weighted by atomic mass is 10.1. The van der Waals surface area contributed by atoms with Crippen LogP contribution < -0.4 is 16.4 Å². The summed E-state index contributed by atoms with van der Waals surface area (Å²) in [6.45, 7) is 3.49. The van der Waals surface area contributed by atoms with Gasteiger partial charge in [0.05, 0.1) is 11.4 Å². The van der Waals surface area contributed by atoms with Crippen LogP contribution in [0.2, 0.25) is 0 Å². The molecule has 7 nitrogen and oxygen atoms in total. The highest BCUT2D eigenvalue weighted by Gasteiger charge is 2.16. The first-order valence-corrected chi connectivity index (χ1v) is 9.95. The quantitative estimate of drug-likeness (QED) is 0.188. The Balaban J connectivity index is 0.00000341. The molecule has 0 aliphatic heterocycles. The lowest BCUT2D eigenvalue weighted by Crippen LogP contribution is -2.37. The second-order valence-electron chi connectivity index (χ2n) is 7.01. The highest BCUT2D eigenvalue weighted by molar-refractivity contribution is 14.0. The molecule has 0 fully saturated rings. The summed E-state index contributed by atoms with van der Waals surface area (Å²) >= 11 is 0. The summed E-state index contributed by atoms with van der Waals surface area (Å²) in [4.78, 5) is 4.26. The van der Waals surface area contributed by atoms with Gasteiger partial charge in [-0.15, -0.1) is 24.0 Å². The van der Waals surface area contributed by atoms with Crippen LogP contribution in [-0.2, 0) is 13.0 Å². The topological polar surface area (TPSA) is 104 Å². The van der Waals surface area contributed by atoms with Crippen LogP contribution in [-0.4, -0.2) is 29.3 Å². The highest BCUT2D eigenvalue weighted by Crippen LogP contribution is 2.21. The van der Waals surface area contributed by atoms with E-state index >= 15 is 0 Å². The number of halogens is 1. The number of hydrogen-bond acceptors (Lipinski definition) is 4. The van der Waals surface area contributed by atoms with Gasteiger partial charge in [0.15, 0.2) is 5.96 Å². The first-order chi connectivity index (χ1) is 14.6. The summed E-state index contributed by atoms with van der Waals surface area (Å²) in [5.74, 6) is 1.12. The van der Waals surface area contributed by atoms with Crippen molar-refractivity contribution < 1.29 is 0 Å². The van der Waals surface area contributed by atoms with Crippen LogP contribution in [0.15, 0.2) is 59.6 Å². The molecule has 0 saturated carbocycles. The van der Waals surface area contributed by atoms with Crippen molar-refractivity contribution in [3.8, 4) is 11.8 Å². The second kappa shape index (κ2) is 12.0. The van der Waals surface area contributed by atoms with Crippen molar-refractivity contribution in [1.82, 2.24) is 20.4 Å². The molecule has 0 saturated heterocycles. The van der Waals surface area contributed by atoms with E-state index in [-0.39, 0.29) is 24.0 Å². The van der Waals surface area contributed by atoms with Gasteiger partial charge in [0.2, 0.25) is 0 Å². The summed E-state index contributed by atoms with van der Waals surface area (Å²) in [7, 11) is 1.75. The molecule has 3 aromatic rings. The van der Waals surface area contributed by atoms with E-state index in [1.807, 2.05) is 30.3 Å². The summed E-state index contributed by atoms with van der Waals surface area (Å²) in [6, 6.07) is 20.2. The van der Waals surface area contributed by atoms with Crippen molar-refractivity contribution in [2.75, 3.05) is 19.3 Å². The molecule has 3 rings (SSSR count). The van der Waals surface area contributed by atoms with E-state index in [1.54, 1.807) is 11.7 Å². The Hall–Kier alpha value is -3.06. The minimum atomic E-state index is 0. The Labute approximate surface area is 200 Å². The van der Waals surface area contributed by atoms with Crippen LogP contribution in [0.5, 0.6) is 0 Å². The number of benzene rings is 2. The largest absolute Gasteiger partial charge is 0.382 e. The number of anilines is 1. The molecule has 0 aliphatic rings. The van der Waals surface area contributed by atoms with Crippen molar-refractivity contribution in [3.63, 3.8) is 0 Å². The van der Waals surface area contributed by atoms with Crippen LogP contribution in [0.4, 0.5) is 5.82 Å². The fourth-order valence-corrected chi connectivity index (χ4v) is 3.12. The highest BCUT2D eigenvalue weighted by atomic mass is 127. The van der Waals surface area contributed by atoms with Gasteiger partial charge in [-0.1, -0.05) is 48.0 Å². The number of rotatable bonds is 7. The molecule has 1 heterocycles. The number of hydrogen-bond donors (Lipinski definition) is 3. The zero-order valence-corrected chi connectivity index (χ0v) is 20.1. The SMILES string of the molecule is CN=C(NCCCc1nn(-c2ccccc2)c(N)c1C#N)NCc1ccc(C)cc1.I. The summed E-state index contributed by atoms with van der Waals surface area (Å²) in [6.07, 6.45) is 1.44. The third-order valence-corrected chi connectivity index (χ3v) is 4.79. The number of nitrogen functional groups attached to an aromatic ring is 1. The van der Waals surface area contributed by atoms with Crippen LogP contribution in [0.3, 0.4) is 0 Å². The maximum atomic E-state index is 9.51. The van der Waals surface area contributed by atoms with Gasteiger partial charge >= 0.3 is 0 Å². The van der Waals surface area contributed by atoms with Gasteiger partial charge in [-0.3, -0.25) is 4.99 Å². The Morgan fingerprint density at radius 1 is 1.13 bits per heavy atom. The molecule has 0 aliphatic carbocycles. The molecule has 4 N–H and O–H groups in total. The van der Waals surface area contributed by atoms with Gasteiger partial charge in [-0.25, -0.2) is 4.68 Å². The molecule has 1 aromatic heterocycles. The van der Waals surface area contributed by atoms with Crippen LogP contribution in [0.1, 0.15) is 28.8 Å². The van der Waals surface area contributed by atoms with E-state index in [4.69, 9.17) is 5.73 Å². The van der Waals surface area contributed by atoms with Crippen LogP contribution >= 0.6 is 24.0 Å². The standard InChI is InChI=1S/C23H27N7.HI/c1-17-10-12-18(13-11-17)16-28-23(26-2)27-14-6-9-21-20(15-24)22(25)30(29-21)19-7-4-3-5-8-19;/h3-5,7-8,10-13H,6,9,14,16,25H2,1-2H3,(H2,26,27,28);1H. The molecular weight excluding hydrogens is 501 g/mol. The summed E-state index contributed by atoms with van der Waals surface area (Å²) < 4.78 is 1.63. The third-order valence-electron chi connectivity index (χ3n) is 4.79. The fourth-order valence-electron chi connectivity index (χ4n) is 3.12. The number of nitrogens with zero attached hydrogens (tertiary/aromatic N) is 4. The van der Waals surface area contributed by atoms with Crippen molar-refractivity contribution in [2.24, 2.45) is 4.99 Å². The molecule has 2 aromatic carbocycles. The zero-order valence-electron chi connectivity index (χ0n) is 17.8. The number of guanidine groups is 1. The molecular formula is C23H28IN7. The first kappa shape index (κ1) is 24.2. The van der Waals surface area contributed by atoms with Gasteiger partial charge < -0.3 is 16.4 Å². The zero-order chi connectivity index (χ0) is 21.3. The van der Waals surface area contributed by atoms with Gasteiger partial charge in [0.1, 0.15) is 17.5 Å². The minimum Gasteiger partial charge on any atom is -0.382 e. The molecule has 0 radical (unpaired) electrons. The Kier molecular flexibility index (Phi) is 9.34. The monoisotopic (exact) mass is 529 g/mol. The van der Waals surface area contributed by atoms with Crippen molar-refractivity contribution in [1.29, 1.82) is 5.26 Å². The average molecular weight is 529 g/mol. The van der Waals surface area contributed by atoms with Gasteiger partial charge in [-0.05, 0) is 37.5 Å². The number of aryl methyl sites for hydroxylation is 2. The lowest BCUT2D eigenvalue weighted by molar-refractivity contribution is 0.722. The number of nitrogens with one attached hydrogen (secondary N) is 2. The molecule has 0 bridgehead atoms. The number of aliphatic imine (C=N–C) groups is 1. The van der Waals surface area contributed by atoms with Crippen molar-refractivity contribution in [2.45, 2.75) is 26.3 Å². The molecule has 0 spiro atoms. The maximum Gasteiger partial charge on any atom is 0.191 e. The summed E-state index contributed by atoms with van der Waals surface area (Å²) in [5.41, 5.74) is 10.6. The number of aromatic nitrogens is 2. The fraction of sp³-hybridized carbons (Fsp3) is 0.261. The lowest BCUT2D eigenvalue weighted by Gasteiger charge is -2.12. The predicted molar refractivity (Wildman–Crippen MR) is 136 cm³/mol. The van der Waals surface area contributed by atoms with Gasteiger partial charge in [-0.2, -0.15) is 10.4 Å². The number of nitriles is 1. The molecule has 0 amide bonds. The Morgan fingerprint density at radius 2 is 1.84 bits per heavy atom. The van der Waals surface area contributed by atoms with Crippen LogP contribution in [0, 0.1) is 18.3 Å². The number of para-hydroxylation sites is 1. The third kappa shape index (κ3) is 6.46. The van der Waals surface area contributed by atoms with E-state index in [1.165, 1.54) is 11.1 Å². The first-order valence-electron chi connectivity index (χ1n) is 9.95. The summed E-state index contributed by atoms with van der Waals surface area (Å²) in [5, 5.41) is 20.7. The maximum absolute atomic E-state index is 9.51. The Morgan fingerprint density at radius 3 is 2.48 bits per heavy atom. The smallest absolute Gasteiger partial charge is 0.191 e. The average Bonchev–Trinajstić information content (AvgIpc) is 3.10. The van der Waals surface area contributed by atoms with E-state index < -0.39 is 0 Å².